The summed E-state index contributed by atoms with van der Waals surface area (Å²) in [6.07, 6.45) is 1.10. The molecule has 8 nitrogen and oxygen atoms in total. The molecule has 0 aliphatic carbocycles. The average Bonchev–Trinajstić information content (AvgIpc) is 3.28. The highest BCUT2D eigenvalue weighted by Gasteiger charge is 2.25. The molecule has 0 radical (unpaired) electrons. The first-order valence-corrected chi connectivity index (χ1v) is 10.4. The Morgan fingerprint density at radius 1 is 1.00 bits per heavy atom. The van der Waals surface area contributed by atoms with Crippen LogP contribution in [0.4, 0.5) is 10.5 Å². The lowest BCUT2D eigenvalue weighted by Crippen LogP contribution is -2.47. The molecule has 3 N–H and O–H groups in total. The molecular weight excluding hydrogens is 424 g/mol. The molecule has 33 heavy (non-hydrogen) atoms. The number of carbonyl (C=O) groups is 3. The minimum absolute atomic E-state index is 0.105. The number of furan rings is 1. The van der Waals surface area contributed by atoms with Gasteiger partial charge in [-0.2, -0.15) is 0 Å². The van der Waals surface area contributed by atoms with Crippen LogP contribution in [0.15, 0.2) is 71.3 Å². The molecule has 1 heterocycles. The number of aromatic carboxylic acids is 1. The molecule has 0 saturated carbocycles. The Morgan fingerprint density at radius 2 is 1.67 bits per heavy atom. The van der Waals surface area contributed by atoms with Crippen LogP contribution in [0, 0.1) is 0 Å². The summed E-state index contributed by atoms with van der Waals surface area (Å²) in [5.74, 6) is -0.790. The second-order valence-corrected chi connectivity index (χ2v) is 8.45. The molecule has 0 aliphatic heterocycles. The van der Waals surface area contributed by atoms with Gasteiger partial charge in [0.15, 0.2) is 0 Å². The number of amides is 2. The number of carboxylic acids is 1. The third-order valence-corrected chi connectivity index (χ3v) is 4.61. The van der Waals surface area contributed by atoms with Crippen LogP contribution in [0.2, 0.25) is 0 Å². The second kappa shape index (κ2) is 10.0. The molecule has 172 valence electrons. The Hall–Kier alpha value is -4.07. The van der Waals surface area contributed by atoms with Crippen molar-refractivity contribution in [1.82, 2.24) is 5.32 Å². The van der Waals surface area contributed by atoms with Gasteiger partial charge in [-0.05, 0) is 62.7 Å². The lowest BCUT2D eigenvalue weighted by atomic mass is 10.0. The van der Waals surface area contributed by atoms with E-state index in [1.165, 1.54) is 24.3 Å². The summed E-state index contributed by atoms with van der Waals surface area (Å²) >= 11 is 0. The van der Waals surface area contributed by atoms with Gasteiger partial charge in [-0.25, -0.2) is 9.59 Å². The van der Waals surface area contributed by atoms with Crippen LogP contribution < -0.4 is 10.6 Å². The van der Waals surface area contributed by atoms with E-state index in [0.717, 1.165) is 16.9 Å². The Bertz CT molecular complexity index is 1100. The Morgan fingerprint density at radius 3 is 2.21 bits per heavy atom. The quantitative estimate of drug-likeness (QED) is 0.479. The monoisotopic (exact) mass is 450 g/mol. The van der Waals surface area contributed by atoms with Gasteiger partial charge in [0.2, 0.25) is 5.91 Å². The fourth-order valence-corrected chi connectivity index (χ4v) is 3.07. The average molecular weight is 450 g/mol. The van der Waals surface area contributed by atoms with Crippen molar-refractivity contribution in [3.8, 4) is 11.3 Å². The first-order valence-electron chi connectivity index (χ1n) is 10.4. The number of ether oxygens (including phenoxy) is 1. The normalized spacial score (nSPS) is 12.0. The Labute approximate surface area is 191 Å². The SMILES string of the molecule is CC(C)(C)OC(=O)N[C@@H](Cc1ccc(-c2ccco2)cc1)C(=O)Nc1ccc(C(=O)O)cc1. The lowest BCUT2D eigenvalue weighted by molar-refractivity contribution is -0.118. The van der Waals surface area contributed by atoms with E-state index in [-0.39, 0.29) is 12.0 Å². The van der Waals surface area contributed by atoms with Crippen molar-refractivity contribution in [2.45, 2.75) is 38.8 Å². The van der Waals surface area contributed by atoms with Gasteiger partial charge < -0.3 is 24.9 Å². The van der Waals surface area contributed by atoms with Crippen molar-refractivity contribution < 1.29 is 28.6 Å². The fraction of sp³-hybridized carbons (Fsp3) is 0.240. The fourth-order valence-electron chi connectivity index (χ4n) is 3.07. The van der Waals surface area contributed by atoms with Gasteiger partial charge in [0.1, 0.15) is 17.4 Å². The van der Waals surface area contributed by atoms with E-state index in [4.69, 9.17) is 14.3 Å². The molecule has 3 rings (SSSR count). The summed E-state index contributed by atoms with van der Waals surface area (Å²) in [5, 5.41) is 14.4. The molecular formula is C25H26N2O6. The molecule has 0 fully saturated rings. The van der Waals surface area contributed by atoms with Gasteiger partial charge >= 0.3 is 12.1 Å². The van der Waals surface area contributed by atoms with Crippen LogP contribution in [-0.2, 0) is 16.0 Å². The predicted octanol–water partition coefficient (Wildman–Crippen LogP) is 4.72. The first-order chi connectivity index (χ1) is 15.6. The maximum absolute atomic E-state index is 13.0. The van der Waals surface area contributed by atoms with Crippen LogP contribution in [-0.4, -0.2) is 34.7 Å². The molecule has 1 atom stereocenters. The van der Waals surface area contributed by atoms with Gasteiger partial charge in [-0.15, -0.1) is 0 Å². The topological polar surface area (TPSA) is 118 Å². The van der Waals surface area contributed by atoms with E-state index in [1.54, 1.807) is 33.1 Å². The zero-order valence-corrected chi connectivity index (χ0v) is 18.6. The van der Waals surface area contributed by atoms with E-state index in [1.807, 2.05) is 30.3 Å². The smallest absolute Gasteiger partial charge is 0.408 e. The molecule has 0 aliphatic rings. The molecule has 0 unspecified atom stereocenters. The number of anilines is 1. The number of carboxylic acid groups (broad SMARTS) is 1. The number of alkyl carbamates (subject to hydrolysis) is 1. The van der Waals surface area contributed by atoms with Crippen molar-refractivity contribution >= 4 is 23.7 Å². The number of rotatable bonds is 7. The van der Waals surface area contributed by atoms with Crippen LogP contribution in [0.1, 0.15) is 36.7 Å². The standard InChI is InChI=1S/C25H26N2O6/c1-25(2,3)33-24(31)27-20(22(28)26-19-12-10-18(11-13-19)23(29)30)15-16-6-8-17(9-7-16)21-5-4-14-32-21/h4-14,20H,15H2,1-3H3,(H,26,28)(H,27,31)(H,29,30)/t20-/m0/s1. The summed E-state index contributed by atoms with van der Waals surface area (Å²) in [4.78, 5) is 36.4. The summed E-state index contributed by atoms with van der Waals surface area (Å²) < 4.78 is 10.7. The highest BCUT2D eigenvalue weighted by Crippen LogP contribution is 2.21. The molecule has 0 saturated heterocycles. The van der Waals surface area contributed by atoms with Gasteiger partial charge in [-0.1, -0.05) is 24.3 Å². The maximum atomic E-state index is 13.0. The van der Waals surface area contributed by atoms with Crippen LogP contribution in [0.3, 0.4) is 0 Å². The number of benzene rings is 2. The number of nitrogens with one attached hydrogen (secondary N) is 2. The molecule has 1 aromatic heterocycles. The zero-order chi connectivity index (χ0) is 24.0. The zero-order valence-electron chi connectivity index (χ0n) is 18.6. The number of hydrogen-bond donors (Lipinski definition) is 3. The summed E-state index contributed by atoms with van der Waals surface area (Å²) in [6, 6.07) is 16.0. The van der Waals surface area contributed by atoms with E-state index in [0.29, 0.717) is 5.69 Å². The number of carbonyl (C=O) groups excluding carboxylic acids is 2. The van der Waals surface area contributed by atoms with Crippen molar-refractivity contribution in [2.24, 2.45) is 0 Å². The molecule has 2 amide bonds. The van der Waals surface area contributed by atoms with Crippen molar-refractivity contribution in [1.29, 1.82) is 0 Å². The van der Waals surface area contributed by atoms with Crippen LogP contribution in [0.25, 0.3) is 11.3 Å². The van der Waals surface area contributed by atoms with Crippen molar-refractivity contribution in [2.75, 3.05) is 5.32 Å². The summed E-state index contributed by atoms with van der Waals surface area (Å²) in [5.41, 5.74) is 1.51. The van der Waals surface area contributed by atoms with Gasteiger partial charge in [0.25, 0.3) is 0 Å². The second-order valence-electron chi connectivity index (χ2n) is 8.45. The van der Waals surface area contributed by atoms with E-state index >= 15 is 0 Å². The molecule has 8 heteroatoms. The molecule has 0 bridgehead atoms. The number of hydrogen-bond acceptors (Lipinski definition) is 5. The largest absolute Gasteiger partial charge is 0.478 e. The van der Waals surface area contributed by atoms with E-state index in [2.05, 4.69) is 10.6 Å². The summed E-state index contributed by atoms with van der Waals surface area (Å²) in [6.45, 7) is 5.21. The highest BCUT2D eigenvalue weighted by molar-refractivity contribution is 5.97. The lowest BCUT2D eigenvalue weighted by Gasteiger charge is -2.23. The molecule has 3 aromatic rings. The van der Waals surface area contributed by atoms with E-state index < -0.39 is 29.6 Å². The highest BCUT2D eigenvalue weighted by atomic mass is 16.6. The third kappa shape index (κ3) is 6.96. The minimum atomic E-state index is -1.06. The molecule has 2 aromatic carbocycles. The Balaban J connectivity index is 1.75. The van der Waals surface area contributed by atoms with Gasteiger partial charge in [0.05, 0.1) is 11.8 Å². The first kappa shape index (κ1) is 23.6. The van der Waals surface area contributed by atoms with Crippen LogP contribution in [0.5, 0.6) is 0 Å². The van der Waals surface area contributed by atoms with Gasteiger partial charge in [-0.3, -0.25) is 4.79 Å². The Kier molecular flexibility index (Phi) is 7.17. The van der Waals surface area contributed by atoms with Crippen LogP contribution >= 0.6 is 0 Å². The molecule has 0 spiro atoms. The summed E-state index contributed by atoms with van der Waals surface area (Å²) in [7, 11) is 0. The van der Waals surface area contributed by atoms with E-state index in [9.17, 15) is 14.4 Å². The van der Waals surface area contributed by atoms with Gasteiger partial charge in [0, 0.05) is 17.7 Å². The van der Waals surface area contributed by atoms with Crippen molar-refractivity contribution in [3.63, 3.8) is 0 Å². The van der Waals surface area contributed by atoms with Crippen molar-refractivity contribution in [3.05, 3.63) is 78.1 Å². The third-order valence-electron chi connectivity index (χ3n) is 4.61. The maximum Gasteiger partial charge on any atom is 0.408 e. The predicted molar refractivity (Wildman–Crippen MR) is 123 cm³/mol. The minimum Gasteiger partial charge on any atom is -0.478 e.